The van der Waals surface area contributed by atoms with Gasteiger partial charge < -0.3 is 4.57 Å². The van der Waals surface area contributed by atoms with E-state index in [1.165, 1.54) is 0 Å². The third kappa shape index (κ3) is 2.21. The highest BCUT2D eigenvalue weighted by atomic mass is 14.9. The molecule has 18 heavy (non-hydrogen) atoms. The highest BCUT2D eigenvalue weighted by molar-refractivity contribution is 5.85. The molecule has 1 aromatic heterocycles. The molecule has 0 amide bonds. The number of hydrogen-bond acceptors (Lipinski definition) is 2. The van der Waals surface area contributed by atoms with E-state index in [4.69, 9.17) is 10.5 Å². The molecule has 3 heteroatoms. The van der Waals surface area contributed by atoms with Gasteiger partial charge in [-0.25, -0.2) is 0 Å². The Labute approximate surface area is 107 Å². The number of fused-ring (bicyclic) bond motifs is 1. The minimum atomic E-state index is -0.316. The molecule has 0 saturated heterocycles. The van der Waals surface area contributed by atoms with E-state index in [-0.39, 0.29) is 5.41 Å². The van der Waals surface area contributed by atoms with Gasteiger partial charge in [0.2, 0.25) is 0 Å². The Hall–Kier alpha value is -2.26. The molecular weight excluding hydrogens is 222 g/mol. The summed E-state index contributed by atoms with van der Waals surface area (Å²) in [7, 11) is 0. The fourth-order valence-electron chi connectivity index (χ4n) is 1.97. The van der Waals surface area contributed by atoms with Gasteiger partial charge in [0.25, 0.3) is 0 Å². The van der Waals surface area contributed by atoms with Gasteiger partial charge in [-0.05, 0) is 38.5 Å². The number of aromatic nitrogens is 1. The Bertz CT molecular complexity index is 650. The van der Waals surface area contributed by atoms with E-state index in [0.29, 0.717) is 5.56 Å². The second-order valence-electron chi connectivity index (χ2n) is 5.10. The van der Waals surface area contributed by atoms with Crippen molar-refractivity contribution in [3.05, 3.63) is 36.0 Å². The lowest BCUT2D eigenvalue weighted by Crippen LogP contribution is -2.11. The molecule has 0 fully saturated rings. The first-order chi connectivity index (χ1) is 8.57. The van der Waals surface area contributed by atoms with Crippen molar-refractivity contribution in [2.45, 2.75) is 26.8 Å². The summed E-state index contributed by atoms with van der Waals surface area (Å²) in [5, 5.41) is 19.0. The van der Waals surface area contributed by atoms with Crippen LogP contribution in [0.4, 0.5) is 0 Å². The molecule has 0 radical (unpaired) electrons. The summed E-state index contributed by atoms with van der Waals surface area (Å²) in [6, 6.07) is 12.2. The quantitative estimate of drug-likeness (QED) is 0.820. The molecule has 0 aliphatic rings. The molecule has 0 atom stereocenters. The van der Waals surface area contributed by atoms with E-state index in [1.807, 2.05) is 44.3 Å². The van der Waals surface area contributed by atoms with Crippen molar-refractivity contribution in [3.8, 4) is 12.1 Å². The zero-order valence-corrected chi connectivity index (χ0v) is 10.6. The smallest absolute Gasteiger partial charge is 0.0998 e. The molecule has 1 heterocycles. The maximum Gasteiger partial charge on any atom is 0.0998 e. The summed E-state index contributed by atoms with van der Waals surface area (Å²) < 4.78 is 2.11. The number of hydrogen-bond donors (Lipinski definition) is 0. The Morgan fingerprint density at radius 3 is 2.67 bits per heavy atom. The lowest BCUT2D eigenvalue weighted by Gasteiger charge is -2.15. The van der Waals surface area contributed by atoms with Gasteiger partial charge in [0, 0.05) is 23.6 Å². The Morgan fingerprint density at radius 2 is 2.00 bits per heavy atom. The van der Waals surface area contributed by atoms with Gasteiger partial charge in [0.05, 0.1) is 23.1 Å². The minimum absolute atomic E-state index is 0.316. The Balaban J connectivity index is 2.32. The van der Waals surface area contributed by atoms with Crippen molar-refractivity contribution >= 4 is 10.9 Å². The molecule has 3 nitrogen and oxygen atoms in total. The molecule has 0 aliphatic heterocycles. The van der Waals surface area contributed by atoms with Crippen LogP contribution in [0.2, 0.25) is 0 Å². The second-order valence-corrected chi connectivity index (χ2v) is 5.10. The molecule has 2 rings (SSSR count). The molecule has 0 N–H and O–H groups in total. The second kappa shape index (κ2) is 4.55. The summed E-state index contributed by atoms with van der Waals surface area (Å²) in [4.78, 5) is 0. The van der Waals surface area contributed by atoms with E-state index in [0.717, 1.165) is 23.9 Å². The summed E-state index contributed by atoms with van der Waals surface area (Å²) in [5.74, 6) is 0. The molecule has 0 bridgehead atoms. The van der Waals surface area contributed by atoms with Crippen molar-refractivity contribution in [1.29, 1.82) is 10.5 Å². The lowest BCUT2D eigenvalue weighted by molar-refractivity contribution is 0.417. The Morgan fingerprint density at radius 1 is 1.22 bits per heavy atom. The van der Waals surface area contributed by atoms with Gasteiger partial charge >= 0.3 is 0 Å². The van der Waals surface area contributed by atoms with Crippen molar-refractivity contribution in [2.75, 3.05) is 0 Å². The number of nitriles is 2. The highest BCUT2D eigenvalue weighted by Crippen LogP contribution is 2.24. The number of rotatable bonds is 3. The molecule has 0 unspecified atom stereocenters. The summed E-state index contributed by atoms with van der Waals surface area (Å²) >= 11 is 0. The van der Waals surface area contributed by atoms with Crippen molar-refractivity contribution in [3.63, 3.8) is 0 Å². The normalized spacial score (nSPS) is 11.1. The number of benzene rings is 1. The standard InChI is InChI=1S/C15H15N3/c1-15(2,11-17)7-9-18-8-6-13-12(10-16)4-3-5-14(13)18/h3-6,8H,7,9H2,1-2H3. The first-order valence-electron chi connectivity index (χ1n) is 5.96. The van der Waals surface area contributed by atoms with E-state index < -0.39 is 0 Å². The van der Waals surface area contributed by atoms with Crippen LogP contribution in [0.25, 0.3) is 10.9 Å². The van der Waals surface area contributed by atoms with Gasteiger partial charge in [-0.3, -0.25) is 0 Å². The van der Waals surface area contributed by atoms with Crippen LogP contribution in [-0.4, -0.2) is 4.57 Å². The summed E-state index contributed by atoms with van der Waals surface area (Å²) in [6.45, 7) is 4.68. The van der Waals surface area contributed by atoms with Gasteiger partial charge in [0.15, 0.2) is 0 Å². The molecular formula is C15H15N3. The highest BCUT2D eigenvalue weighted by Gasteiger charge is 2.16. The maximum atomic E-state index is 9.04. The predicted molar refractivity (Wildman–Crippen MR) is 70.7 cm³/mol. The minimum Gasteiger partial charge on any atom is -0.347 e. The zero-order chi connectivity index (χ0) is 13.2. The first-order valence-corrected chi connectivity index (χ1v) is 5.96. The van der Waals surface area contributed by atoms with Crippen molar-refractivity contribution in [2.24, 2.45) is 5.41 Å². The van der Waals surface area contributed by atoms with Crippen molar-refractivity contribution in [1.82, 2.24) is 4.57 Å². The molecule has 1 aromatic carbocycles. The van der Waals surface area contributed by atoms with Gasteiger partial charge in [-0.1, -0.05) is 6.07 Å². The monoisotopic (exact) mass is 237 g/mol. The fraction of sp³-hybridized carbons (Fsp3) is 0.333. The third-order valence-corrected chi connectivity index (χ3v) is 3.21. The van der Waals surface area contributed by atoms with Crippen LogP contribution in [0.1, 0.15) is 25.8 Å². The summed E-state index contributed by atoms with van der Waals surface area (Å²) in [6.07, 6.45) is 2.78. The topological polar surface area (TPSA) is 52.5 Å². The molecule has 0 spiro atoms. The predicted octanol–water partition coefficient (Wildman–Crippen LogP) is 3.45. The van der Waals surface area contributed by atoms with Crippen LogP contribution in [0, 0.1) is 28.1 Å². The number of aryl methyl sites for hydroxylation is 1. The van der Waals surface area contributed by atoms with Crippen LogP contribution in [0.5, 0.6) is 0 Å². The van der Waals surface area contributed by atoms with Crippen LogP contribution < -0.4 is 0 Å². The van der Waals surface area contributed by atoms with E-state index >= 15 is 0 Å². The van der Waals surface area contributed by atoms with E-state index in [1.54, 1.807) is 0 Å². The van der Waals surface area contributed by atoms with E-state index in [2.05, 4.69) is 16.7 Å². The SMILES string of the molecule is CC(C)(C#N)CCn1ccc2c(C#N)cccc21. The van der Waals surface area contributed by atoms with E-state index in [9.17, 15) is 0 Å². The average molecular weight is 237 g/mol. The van der Waals surface area contributed by atoms with Crippen molar-refractivity contribution < 1.29 is 0 Å². The van der Waals surface area contributed by atoms with Gasteiger partial charge in [-0.15, -0.1) is 0 Å². The largest absolute Gasteiger partial charge is 0.347 e. The Kier molecular flexibility index (Phi) is 3.08. The lowest BCUT2D eigenvalue weighted by atomic mass is 9.91. The van der Waals surface area contributed by atoms with Crippen LogP contribution in [0.15, 0.2) is 30.5 Å². The van der Waals surface area contributed by atoms with Crippen LogP contribution in [-0.2, 0) is 6.54 Å². The molecule has 2 aromatic rings. The molecule has 0 aliphatic carbocycles. The summed E-state index contributed by atoms with van der Waals surface area (Å²) in [5.41, 5.74) is 1.44. The van der Waals surface area contributed by atoms with Crippen LogP contribution >= 0.6 is 0 Å². The zero-order valence-electron chi connectivity index (χ0n) is 10.6. The average Bonchev–Trinajstić information content (AvgIpc) is 2.79. The molecule has 0 saturated carbocycles. The number of nitrogens with zero attached hydrogens (tertiary/aromatic N) is 3. The van der Waals surface area contributed by atoms with Gasteiger partial charge in [-0.2, -0.15) is 10.5 Å². The van der Waals surface area contributed by atoms with Crippen LogP contribution in [0.3, 0.4) is 0 Å². The first kappa shape index (κ1) is 12.2. The van der Waals surface area contributed by atoms with Gasteiger partial charge in [0.1, 0.15) is 0 Å². The maximum absolute atomic E-state index is 9.04. The fourth-order valence-corrected chi connectivity index (χ4v) is 1.97. The third-order valence-electron chi connectivity index (χ3n) is 3.21. The molecule has 90 valence electrons.